The van der Waals surface area contributed by atoms with Gasteiger partial charge in [0, 0.05) is 28.6 Å². The van der Waals surface area contributed by atoms with Crippen molar-refractivity contribution in [2.45, 2.75) is 17.1 Å². The monoisotopic (exact) mass is 459 g/mol. The summed E-state index contributed by atoms with van der Waals surface area (Å²) in [5.41, 5.74) is 0.765. The number of hydrogen-bond donors (Lipinski definition) is 2. The van der Waals surface area contributed by atoms with E-state index < -0.39 is 15.9 Å². The topological polar surface area (TPSA) is 99.6 Å². The van der Waals surface area contributed by atoms with Crippen LogP contribution in [0.2, 0.25) is 0 Å². The smallest absolute Gasteiger partial charge is 0.278 e. The number of thioether (sulfide) groups is 1. The number of sulfonamides is 1. The Hall–Kier alpha value is -2.56. The number of thiazole rings is 1. The molecule has 0 atom stereocenters. The number of anilines is 1. The number of benzene rings is 2. The Morgan fingerprint density at radius 2 is 2.03 bits per heavy atom. The molecule has 2 aliphatic rings. The molecule has 7 nitrogen and oxygen atoms in total. The van der Waals surface area contributed by atoms with Gasteiger partial charge in [-0.3, -0.25) is 14.4 Å². The SMILES string of the molecule is CN1C(C(=O)Nc2nc3c(s2)CSCC3)=C(O)c2ccc3ccccc3c2S1(=O)=O. The van der Waals surface area contributed by atoms with Gasteiger partial charge in [-0.2, -0.15) is 11.8 Å². The van der Waals surface area contributed by atoms with Crippen LogP contribution in [0, 0.1) is 0 Å². The number of rotatable bonds is 2. The van der Waals surface area contributed by atoms with Crippen LogP contribution in [0.15, 0.2) is 47.0 Å². The third kappa shape index (κ3) is 2.90. The average molecular weight is 460 g/mol. The quantitative estimate of drug-likeness (QED) is 0.608. The summed E-state index contributed by atoms with van der Waals surface area (Å²) in [6, 6.07) is 10.3. The Labute approximate surface area is 181 Å². The van der Waals surface area contributed by atoms with E-state index in [-0.39, 0.29) is 21.9 Å². The predicted octanol–water partition coefficient (Wildman–Crippen LogP) is 3.59. The lowest BCUT2D eigenvalue weighted by Crippen LogP contribution is -2.37. The van der Waals surface area contributed by atoms with Gasteiger partial charge in [-0.1, -0.05) is 30.3 Å². The van der Waals surface area contributed by atoms with Crippen LogP contribution in [-0.2, 0) is 27.0 Å². The van der Waals surface area contributed by atoms with Crippen LogP contribution < -0.4 is 5.32 Å². The van der Waals surface area contributed by atoms with E-state index in [1.165, 1.54) is 24.5 Å². The predicted molar refractivity (Wildman–Crippen MR) is 119 cm³/mol. The Morgan fingerprint density at radius 3 is 2.83 bits per heavy atom. The Bertz CT molecular complexity index is 1320. The maximum Gasteiger partial charge on any atom is 0.278 e. The molecule has 3 heterocycles. The molecule has 0 saturated heterocycles. The maximum atomic E-state index is 13.3. The van der Waals surface area contributed by atoms with Gasteiger partial charge in [0.1, 0.15) is 4.90 Å². The molecule has 0 fully saturated rings. The first-order chi connectivity index (χ1) is 14.4. The number of carbonyl (C=O) groups is 1. The van der Waals surface area contributed by atoms with Crippen molar-refractivity contribution in [3.05, 3.63) is 58.2 Å². The van der Waals surface area contributed by atoms with Gasteiger partial charge in [0.15, 0.2) is 16.6 Å². The molecule has 0 radical (unpaired) electrons. The second-order valence-electron chi connectivity index (χ2n) is 6.98. The fraction of sp³-hybridized carbons (Fsp3) is 0.200. The fourth-order valence-corrected chi connectivity index (χ4v) is 7.43. The number of likely N-dealkylation sites (N-methyl/N-ethyl adjacent to an activating group) is 1. The molecule has 0 unspecified atom stereocenters. The number of aliphatic hydroxyl groups is 1. The lowest BCUT2D eigenvalue weighted by Gasteiger charge is -2.29. The summed E-state index contributed by atoms with van der Waals surface area (Å²) in [6.45, 7) is 0. The first kappa shape index (κ1) is 19.4. The molecule has 0 aliphatic carbocycles. The Morgan fingerprint density at radius 1 is 1.23 bits per heavy atom. The van der Waals surface area contributed by atoms with Gasteiger partial charge in [0.05, 0.1) is 5.69 Å². The number of nitrogens with one attached hydrogen (secondary N) is 1. The van der Waals surface area contributed by atoms with E-state index in [0.29, 0.717) is 10.5 Å². The van der Waals surface area contributed by atoms with Crippen LogP contribution in [0.1, 0.15) is 16.1 Å². The highest BCUT2D eigenvalue weighted by molar-refractivity contribution is 7.98. The van der Waals surface area contributed by atoms with Gasteiger partial charge < -0.3 is 5.11 Å². The van der Waals surface area contributed by atoms with E-state index in [4.69, 9.17) is 0 Å². The molecule has 154 valence electrons. The summed E-state index contributed by atoms with van der Waals surface area (Å²) in [5, 5.41) is 15.2. The molecule has 0 saturated carbocycles. The van der Waals surface area contributed by atoms with Gasteiger partial charge >= 0.3 is 0 Å². The normalized spacial score (nSPS) is 17.6. The summed E-state index contributed by atoms with van der Waals surface area (Å²) < 4.78 is 27.4. The molecule has 30 heavy (non-hydrogen) atoms. The number of hydrogen-bond acceptors (Lipinski definition) is 7. The minimum Gasteiger partial charge on any atom is -0.505 e. The molecule has 2 aliphatic heterocycles. The Balaban J connectivity index is 1.60. The van der Waals surface area contributed by atoms with Crippen molar-refractivity contribution in [3.8, 4) is 0 Å². The van der Waals surface area contributed by atoms with E-state index in [2.05, 4.69) is 10.3 Å². The summed E-state index contributed by atoms with van der Waals surface area (Å²) in [4.78, 5) is 18.6. The van der Waals surface area contributed by atoms with Crippen LogP contribution >= 0.6 is 23.1 Å². The lowest BCUT2D eigenvalue weighted by molar-refractivity contribution is -0.113. The van der Waals surface area contributed by atoms with Crippen molar-refractivity contribution < 1.29 is 18.3 Å². The van der Waals surface area contributed by atoms with Crippen molar-refractivity contribution in [1.29, 1.82) is 0 Å². The van der Waals surface area contributed by atoms with Gasteiger partial charge in [-0.25, -0.2) is 13.4 Å². The second kappa shape index (κ2) is 7.00. The number of amides is 1. The van der Waals surface area contributed by atoms with E-state index in [1.807, 2.05) is 17.8 Å². The number of fused-ring (bicyclic) bond motifs is 4. The Kier molecular flexibility index (Phi) is 4.53. The van der Waals surface area contributed by atoms with Gasteiger partial charge in [0.25, 0.3) is 15.9 Å². The number of aromatic nitrogens is 1. The number of aryl methyl sites for hydroxylation is 1. The van der Waals surface area contributed by atoms with E-state index in [0.717, 1.165) is 38.2 Å². The molecule has 10 heteroatoms. The van der Waals surface area contributed by atoms with Crippen LogP contribution in [0.25, 0.3) is 16.5 Å². The fourth-order valence-electron chi connectivity index (χ4n) is 3.73. The lowest BCUT2D eigenvalue weighted by atomic mass is 10.0. The first-order valence-electron chi connectivity index (χ1n) is 9.20. The van der Waals surface area contributed by atoms with Crippen LogP contribution in [0.4, 0.5) is 5.13 Å². The highest BCUT2D eigenvalue weighted by Gasteiger charge is 2.39. The first-order valence-corrected chi connectivity index (χ1v) is 12.6. The van der Waals surface area contributed by atoms with Gasteiger partial charge in [-0.05, 0) is 23.6 Å². The number of aliphatic hydroxyl groups excluding tert-OH is 1. The van der Waals surface area contributed by atoms with Crippen molar-refractivity contribution in [2.75, 3.05) is 18.1 Å². The highest BCUT2D eigenvalue weighted by Crippen LogP contribution is 2.39. The van der Waals surface area contributed by atoms with E-state index in [9.17, 15) is 18.3 Å². The van der Waals surface area contributed by atoms with Crippen LogP contribution in [0.5, 0.6) is 0 Å². The molecule has 3 aromatic rings. The molecule has 1 amide bonds. The minimum absolute atomic E-state index is 0.00103. The molecular formula is C20H17N3O4S3. The number of carbonyl (C=O) groups excluding carboxylic acids is 1. The van der Waals surface area contributed by atoms with Gasteiger partial charge in [-0.15, -0.1) is 11.3 Å². The average Bonchev–Trinajstić information content (AvgIpc) is 3.14. The van der Waals surface area contributed by atoms with Crippen LogP contribution in [-0.4, -0.2) is 41.5 Å². The second-order valence-corrected chi connectivity index (χ2v) is 11.1. The molecule has 0 spiro atoms. The summed E-state index contributed by atoms with van der Waals surface area (Å²) in [5.74, 6) is 0.756. The van der Waals surface area contributed by atoms with Crippen molar-refractivity contribution >= 4 is 60.7 Å². The highest BCUT2D eigenvalue weighted by atomic mass is 32.2. The van der Waals surface area contributed by atoms with E-state index >= 15 is 0 Å². The molecule has 2 N–H and O–H groups in total. The summed E-state index contributed by atoms with van der Waals surface area (Å²) in [6.07, 6.45) is 0.842. The molecule has 2 aromatic carbocycles. The molecule has 0 bridgehead atoms. The third-order valence-electron chi connectivity index (χ3n) is 5.22. The zero-order valence-corrected chi connectivity index (χ0v) is 18.3. The zero-order valence-electron chi connectivity index (χ0n) is 15.9. The summed E-state index contributed by atoms with van der Waals surface area (Å²) in [7, 11) is -2.76. The standard InChI is InChI=1S/C20H17N3O4S3/c1-23-16(19(25)22-20-21-14-8-9-28-10-15(14)29-20)17(24)13-7-6-11-4-2-3-5-12(11)18(13)30(23,26)27/h2-7,24H,8-10H2,1H3,(H,21,22,25). The third-order valence-corrected chi connectivity index (χ3v) is 9.26. The van der Waals surface area contributed by atoms with Crippen molar-refractivity contribution in [3.63, 3.8) is 0 Å². The molecule has 1 aromatic heterocycles. The molecule has 5 rings (SSSR count). The maximum absolute atomic E-state index is 13.3. The minimum atomic E-state index is -4.03. The van der Waals surface area contributed by atoms with Crippen molar-refractivity contribution in [2.24, 2.45) is 0 Å². The number of nitrogens with zero attached hydrogens (tertiary/aromatic N) is 2. The summed E-state index contributed by atoms with van der Waals surface area (Å²) >= 11 is 3.19. The molecular weight excluding hydrogens is 442 g/mol. The largest absolute Gasteiger partial charge is 0.505 e. The van der Waals surface area contributed by atoms with Crippen LogP contribution in [0.3, 0.4) is 0 Å². The van der Waals surface area contributed by atoms with Crippen molar-refractivity contribution in [1.82, 2.24) is 9.29 Å². The van der Waals surface area contributed by atoms with Gasteiger partial charge in [0.2, 0.25) is 0 Å². The zero-order chi connectivity index (χ0) is 21.0. The van der Waals surface area contributed by atoms with E-state index in [1.54, 1.807) is 24.3 Å².